The monoisotopic (exact) mass is 329 g/mol. The SMILES string of the molecule is CCO[C@H]1C[C@@H](NC(=O)NCc2nnc3ccccn23)C12CCC2. The van der Waals surface area contributed by atoms with Gasteiger partial charge in [-0.1, -0.05) is 12.5 Å². The predicted molar refractivity (Wildman–Crippen MR) is 88.5 cm³/mol. The summed E-state index contributed by atoms with van der Waals surface area (Å²) < 4.78 is 7.70. The van der Waals surface area contributed by atoms with Crippen LogP contribution in [-0.4, -0.2) is 39.4 Å². The maximum Gasteiger partial charge on any atom is 0.315 e. The van der Waals surface area contributed by atoms with Crippen LogP contribution in [0.4, 0.5) is 4.79 Å². The van der Waals surface area contributed by atoms with Crippen molar-refractivity contribution in [2.75, 3.05) is 6.61 Å². The third kappa shape index (κ3) is 2.43. The Morgan fingerprint density at radius 3 is 3.04 bits per heavy atom. The van der Waals surface area contributed by atoms with Crippen molar-refractivity contribution >= 4 is 11.7 Å². The minimum atomic E-state index is -0.145. The van der Waals surface area contributed by atoms with Crippen LogP contribution in [-0.2, 0) is 11.3 Å². The molecule has 2 N–H and O–H groups in total. The molecule has 0 aliphatic heterocycles. The third-order valence-electron chi connectivity index (χ3n) is 5.53. The Morgan fingerprint density at radius 2 is 2.29 bits per heavy atom. The Bertz CT molecular complexity index is 739. The van der Waals surface area contributed by atoms with E-state index in [0.29, 0.717) is 12.6 Å². The highest BCUT2D eigenvalue weighted by atomic mass is 16.5. The highest BCUT2D eigenvalue weighted by Crippen LogP contribution is 2.57. The standard InChI is InChI=1S/C17H23N5O2/c1-2-24-13-10-12(17(13)7-5-8-17)19-16(23)18-11-15-21-20-14-6-3-4-9-22(14)15/h3-4,6,9,12-13H,2,5,7-8,10-11H2,1H3,(H2,18,19,23)/t12-,13+/m1/s1. The molecule has 24 heavy (non-hydrogen) atoms. The summed E-state index contributed by atoms with van der Waals surface area (Å²) in [4.78, 5) is 12.2. The van der Waals surface area contributed by atoms with Crippen LogP contribution in [0.2, 0.25) is 0 Å². The van der Waals surface area contributed by atoms with E-state index < -0.39 is 0 Å². The first-order valence-corrected chi connectivity index (χ1v) is 8.67. The van der Waals surface area contributed by atoms with Gasteiger partial charge in [0.15, 0.2) is 11.5 Å². The molecule has 2 aromatic rings. The Morgan fingerprint density at radius 1 is 1.42 bits per heavy atom. The van der Waals surface area contributed by atoms with E-state index in [9.17, 15) is 4.79 Å². The molecule has 2 fully saturated rings. The number of amides is 2. The summed E-state index contributed by atoms with van der Waals surface area (Å²) in [5.41, 5.74) is 0.955. The normalized spacial score (nSPS) is 24.4. The number of ether oxygens (including phenoxy) is 1. The summed E-state index contributed by atoms with van der Waals surface area (Å²) in [6.07, 6.45) is 6.65. The molecule has 0 bridgehead atoms. The number of pyridine rings is 1. The lowest BCUT2D eigenvalue weighted by Crippen LogP contribution is -2.68. The minimum absolute atomic E-state index is 0.145. The number of urea groups is 1. The van der Waals surface area contributed by atoms with E-state index in [1.54, 1.807) is 0 Å². The maximum absolute atomic E-state index is 12.2. The molecule has 2 aliphatic carbocycles. The number of aromatic nitrogens is 3. The van der Waals surface area contributed by atoms with Gasteiger partial charge < -0.3 is 15.4 Å². The summed E-state index contributed by atoms with van der Waals surface area (Å²) in [5.74, 6) is 0.722. The molecule has 2 saturated carbocycles. The highest BCUT2D eigenvalue weighted by molar-refractivity contribution is 5.74. The molecule has 0 unspecified atom stereocenters. The van der Waals surface area contributed by atoms with E-state index in [1.165, 1.54) is 6.42 Å². The smallest absolute Gasteiger partial charge is 0.315 e. The van der Waals surface area contributed by atoms with Gasteiger partial charge >= 0.3 is 6.03 Å². The maximum atomic E-state index is 12.2. The summed E-state index contributed by atoms with van der Waals surface area (Å²) in [6, 6.07) is 5.80. The molecular weight excluding hydrogens is 306 g/mol. The topological polar surface area (TPSA) is 80.5 Å². The third-order valence-corrected chi connectivity index (χ3v) is 5.53. The first kappa shape index (κ1) is 15.4. The number of carbonyl (C=O) groups excluding carboxylic acids is 1. The fraction of sp³-hybridized carbons (Fsp3) is 0.588. The van der Waals surface area contributed by atoms with Crippen molar-refractivity contribution in [1.29, 1.82) is 0 Å². The molecule has 0 aromatic carbocycles. The summed E-state index contributed by atoms with van der Waals surface area (Å²) >= 11 is 0. The zero-order chi connectivity index (χ0) is 16.6. The minimum Gasteiger partial charge on any atom is -0.378 e. The Balaban J connectivity index is 1.33. The molecule has 0 radical (unpaired) electrons. The molecule has 7 nitrogen and oxygen atoms in total. The van der Waals surface area contributed by atoms with Crippen LogP contribution in [0.25, 0.3) is 5.65 Å². The van der Waals surface area contributed by atoms with Crippen LogP contribution >= 0.6 is 0 Å². The lowest BCUT2D eigenvalue weighted by Gasteiger charge is -2.60. The average molecular weight is 329 g/mol. The average Bonchev–Trinajstić information content (AvgIpc) is 2.93. The molecule has 2 heterocycles. The second-order valence-corrected chi connectivity index (χ2v) is 6.69. The van der Waals surface area contributed by atoms with Gasteiger partial charge in [0.2, 0.25) is 0 Å². The van der Waals surface area contributed by atoms with Gasteiger partial charge in [0.1, 0.15) is 0 Å². The van der Waals surface area contributed by atoms with Crippen LogP contribution in [0.5, 0.6) is 0 Å². The van der Waals surface area contributed by atoms with Crippen molar-refractivity contribution in [3.8, 4) is 0 Å². The molecule has 128 valence electrons. The summed E-state index contributed by atoms with van der Waals surface area (Å²) in [6.45, 7) is 3.12. The van der Waals surface area contributed by atoms with Crippen molar-refractivity contribution in [2.45, 2.75) is 51.3 Å². The molecule has 2 aromatic heterocycles. The van der Waals surface area contributed by atoms with Gasteiger partial charge in [-0.05, 0) is 38.3 Å². The Labute approximate surface area is 140 Å². The van der Waals surface area contributed by atoms with Gasteiger partial charge in [0.05, 0.1) is 12.6 Å². The van der Waals surface area contributed by atoms with E-state index in [1.807, 2.05) is 35.7 Å². The quantitative estimate of drug-likeness (QED) is 0.877. The first-order chi connectivity index (χ1) is 11.7. The van der Waals surface area contributed by atoms with Gasteiger partial charge in [0.25, 0.3) is 0 Å². The predicted octanol–water partition coefficient (Wildman–Crippen LogP) is 1.88. The molecule has 2 aliphatic rings. The van der Waals surface area contributed by atoms with E-state index in [2.05, 4.69) is 20.8 Å². The Kier molecular flexibility index (Phi) is 3.88. The van der Waals surface area contributed by atoms with Crippen LogP contribution in [0.15, 0.2) is 24.4 Å². The zero-order valence-electron chi connectivity index (χ0n) is 13.9. The number of hydrogen-bond acceptors (Lipinski definition) is 4. The molecular formula is C17H23N5O2. The second kappa shape index (κ2) is 6.05. The summed E-state index contributed by atoms with van der Waals surface area (Å²) in [5, 5.41) is 14.2. The van der Waals surface area contributed by atoms with Crippen LogP contribution in [0.1, 0.15) is 38.4 Å². The van der Waals surface area contributed by atoms with Crippen molar-refractivity contribution in [3.63, 3.8) is 0 Å². The van der Waals surface area contributed by atoms with Gasteiger partial charge in [0, 0.05) is 24.3 Å². The van der Waals surface area contributed by atoms with E-state index in [-0.39, 0.29) is 17.5 Å². The van der Waals surface area contributed by atoms with E-state index in [4.69, 9.17) is 4.74 Å². The molecule has 2 atom stereocenters. The lowest BCUT2D eigenvalue weighted by atomic mass is 9.51. The Hall–Kier alpha value is -2.15. The molecule has 4 rings (SSSR count). The number of nitrogens with zero attached hydrogens (tertiary/aromatic N) is 3. The molecule has 0 saturated heterocycles. The second-order valence-electron chi connectivity index (χ2n) is 6.69. The lowest BCUT2D eigenvalue weighted by molar-refractivity contribution is -0.169. The van der Waals surface area contributed by atoms with Crippen molar-refractivity contribution in [1.82, 2.24) is 25.2 Å². The fourth-order valence-electron chi connectivity index (χ4n) is 4.02. The van der Waals surface area contributed by atoms with Crippen LogP contribution in [0, 0.1) is 5.41 Å². The van der Waals surface area contributed by atoms with Gasteiger partial charge in [-0.25, -0.2) is 4.79 Å². The van der Waals surface area contributed by atoms with Crippen LogP contribution in [0.3, 0.4) is 0 Å². The zero-order valence-corrected chi connectivity index (χ0v) is 13.9. The van der Waals surface area contributed by atoms with Gasteiger partial charge in [-0.15, -0.1) is 10.2 Å². The van der Waals surface area contributed by atoms with Crippen LogP contribution < -0.4 is 10.6 Å². The van der Waals surface area contributed by atoms with Gasteiger partial charge in [-0.2, -0.15) is 0 Å². The highest BCUT2D eigenvalue weighted by Gasteiger charge is 2.59. The number of hydrogen-bond donors (Lipinski definition) is 2. The van der Waals surface area contributed by atoms with Gasteiger partial charge in [-0.3, -0.25) is 4.40 Å². The molecule has 2 amide bonds. The fourth-order valence-corrected chi connectivity index (χ4v) is 4.02. The molecule has 7 heteroatoms. The first-order valence-electron chi connectivity index (χ1n) is 8.67. The summed E-state index contributed by atoms with van der Waals surface area (Å²) in [7, 11) is 0. The molecule has 1 spiro atoms. The van der Waals surface area contributed by atoms with Crippen molar-refractivity contribution in [2.24, 2.45) is 5.41 Å². The van der Waals surface area contributed by atoms with Crippen molar-refractivity contribution in [3.05, 3.63) is 30.2 Å². The van der Waals surface area contributed by atoms with E-state index in [0.717, 1.165) is 37.3 Å². The van der Waals surface area contributed by atoms with Crippen molar-refractivity contribution < 1.29 is 9.53 Å². The number of nitrogens with one attached hydrogen (secondary N) is 2. The number of carbonyl (C=O) groups is 1. The number of fused-ring (bicyclic) bond motifs is 1. The van der Waals surface area contributed by atoms with E-state index >= 15 is 0 Å². The number of rotatable bonds is 5. The largest absolute Gasteiger partial charge is 0.378 e.